The fourth-order valence-corrected chi connectivity index (χ4v) is 13.9. The maximum Gasteiger partial charge on any atom is 0.0970 e. The second-order valence-corrected chi connectivity index (χ2v) is 28.1. The second kappa shape index (κ2) is 35.8. The summed E-state index contributed by atoms with van der Waals surface area (Å²) in [4.78, 5) is 30.3. The molecule has 534 valence electrons. The summed E-state index contributed by atoms with van der Waals surface area (Å²) in [6.45, 7) is 14.0. The number of aliphatic hydroxyl groups is 1. The molecule has 4 aromatic heterocycles. The van der Waals surface area contributed by atoms with Crippen LogP contribution in [0.3, 0.4) is 0 Å². The molecule has 1 unspecified atom stereocenters. The number of halogens is 1. The van der Waals surface area contributed by atoms with Gasteiger partial charge in [-0.25, -0.2) is 9.37 Å². The van der Waals surface area contributed by atoms with Gasteiger partial charge in [-0.1, -0.05) is 241 Å². The summed E-state index contributed by atoms with van der Waals surface area (Å²) in [6, 6.07) is 113. The van der Waals surface area contributed by atoms with Crippen LogP contribution in [-0.4, -0.2) is 75.6 Å². The number of para-hydroxylation sites is 2. The quantitative estimate of drug-likeness (QED) is 0.0344. The van der Waals surface area contributed by atoms with E-state index in [1.54, 1.807) is 6.33 Å². The van der Waals surface area contributed by atoms with Crippen LogP contribution in [0.5, 0.6) is 0 Å². The topological polar surface area (TPSA) is 97.0 Å². The van der Waals surface area contributed by atoms with Crippen molar-refractivity contribution >= 4 is 109 Å². The average molecular weight is 1800 g/mol. The molecule has 16 aromatic rings. The van der Waals surface area contributed by atoms with Gasteiger partial charge in [0.1, 0.15) is 13.9 Å². The molecule has 4 heterocycles. The molecule has 1 aliphatic rings. The summed E-state index contributed by atoms with van der Waals surface area (Å²) in [6.07, 6.45) is 6.17. The molecule has 1 N–H and O–H groups in total. The minimum Gasteiger partial charge on any atom is -0.254 e. The Morgan fingerprint density at radius 1 is 0.500 bits per heavy atom. The van der Waals surface area contributed by atoms with E-state index >= 15 is 0 Å². The number of ketones is 1. The van der Waals surface area contributed by atoms with E-state index in [2.05, 4.69) is 345 Å². The van der Waals surface area contributed by atoms with Crippen LogP contribution in [0.4, 0.5) is 21.5 Å². The number of benzene rings is 12. The predicted octanol–water partition coefficient (Wildman–Crippen LogP) is 24.0. The van der Waals surface area contributed by atoms with Crippen molar-refractivity contribution in [1.29, 1.82) is 0 Å². The van der Waals surface area contributed by atoms with Crippen molar-refractivity contribution in [2.75, 3.05) is 11.3 Å². The van der Waals surface area contributed by atoms with Gasteiger partial charge in [0.2, 0.25) is 0 Å². The summed E-state index contributed by atoms with van der Waals surface area (Å²) in [5, 5.41) is 13.1. The van der Waals surface area contributed by atoms with Gasteiger partial charge in [-0.3, -0.25) is 19.7 Å². The minimum absolute atomic E-state index is 0. The summed E-state index contributed by atoms with van der Waals surface area (Å²) in [5.74, 6) is -0.0625. The van der Waals surface area contributed by atoms with Gasteiger partial charge in [-0.2, -0.15) is 0 Å². The van der Waals surface area contributed by atoms with Crippen LogP contribution in [0.2, 0.25) is 0 Å². The number of aliphatic hydroxyl groups excluding tert-OH is 1. The first-order valence-corrected chi connectivity index (χ1v) is 36.7. The number of hydrogen-bond donors (Lipinski definition) is 1. The molecule has 1 aliphatic carbocycles. The molecule has 0 bridgehead atoms. The molecule has 8 nitrogen and oxygen atoms in total. The van der Waals surface area contributed by atoms with Crippen LogP contribution in [0.15, 0.2) is 340 Å². The third kappa shape index (κ3) is 17.6. The van der Waals surface area contributed by atoms with E-state index in [-0.39, 0.29) is 83.6 Å². The van der Waals surface area contributed by atoms with E-state index in [0.717, 1.165) is 55.8 Å². The molecular formula is C95H82BBiFIrN6O2P-. The molecule has 0 spiro atoms. The normalized spacial score (nSPS) is 11.8. The van der Waals surface area contributed by atoms with Crippen molar-refractivity contribution in [2.24, 2.45) is 0 Å². The van der Waals surface area contributed by atoms with E-state index in [4.69, 9.17) is 5.11 Å². The fourth-order valence-electron chi connectivity index (χ4n) is 13.9. The van der Waals surface area contributed by atoms with Crippen LogP contribution in [0.1, 0.15) is 65.3 Å². The third-order valence-electron chi connectivity index (χ3n) is 18.9. The summed E-state index contributed by atoms with van der Waals surface area (Å²) in [5.41, 5.74) is 26.8. The number of anilines is 3. The monoisotopic (exact) mass is 1800 g/mol. The SMILES string of the molecule is CC(=O)C=C(C)O.CC(C)(C)c1cc(-c2[c-]cccc2)ncn1.CC1(C)c2ccccc2-c2ccc(N(c3ccc(-c4ccccc4)cc3)c3ccc(-c4ccc5c(c4)c4ccccc4n5-c4ccccc4)cc3)cc21.[B]PCF.[BiH2].[Ir].c1ccc(-c2ccnc3c2ccc2c(-c4ccccc4)ccnc23)cc1. The number of carbonyl (C=O) groups is 1. The maximum absolute atomic E-state index is 10.6. The summed E-state index contributed by atoms with van der Waals surface area (Å²) in [7, 11) is 4.65. The number of allylic oxidation sites excluding steroid dienone is 2. The Labute approximate surface area is 668 Å². The second-order valence-electron chi connectivity index (χ2n) is 27.5. The fraction of sp³-hybridized carbons (Fsp3) is 0.105. The first-order valence-electron chi connectivity index (χ1n) is 35.4. The smallest absolute Gasteiger partial charge is 0.0970 e. The molecule has 0 saturated heterocycles. The van der Waals surface area contributed by atoms with Crippen molar-refractivity contribution in [2.45, 2.75) is 59.3 Å². The Morgan fingerprint density at radius 3 is 1.52 bits per heavy atom. The van der Waals surface area contributed by atoms with Gasteiger partial charge < -0.3 is 14.6 Å². The van der Waals surface area contributed by atoms with Crippen LogP contribution < -0.4 is 4.90 Å². The molecule has 0 amide bonds. The number of aromatic nitrogens is 5. The van der Waals surface area contributed by atoms with E-state index in [1.807, 2.05) is 54.9 Å². The first-order chi connectivity index (χ1) is 51.6. The van der Waals surface area contributed by atoms with Crippen LogP contribution in [0.25, 0.3) is 116 Å². The Bertz CT molecular complexity index is 5650. The Balaban J connectivity index is 0.000000174. The van der Waals surface area contributed by atoms with Gasteiger partial charge >= 0.3 is 26.2 Å². The number of fused-ring (bicyclic) bond motifs is 9. The van der Waals surface area contributed by atoms with E-state index < -0.39 is 0 Å². The number of hydrogen-bond acceptors (Lipinski definition) is 7. The zero-order valence-electron chi connectivity index (χ0n) is 61.4. The average Bonchev–Trinajstić information content (AvgIpc) is 1.54. The molecule has 17 rings (SSSR count). The number of carbonyl (C=O) groups excluding carboxylic acids is 1. The number of pyridine rings is 2. The molecule has 0 aliphatic heterocycles. The van der Waals surface area contributed by atoms with Crippen molar-refractivity contribution in [3.8, 4) is 72.6 Å². The van der Waals surface area contributed by atoms with E-state index in [9.17, 15) is 9.18 Å². The summed E-state index contributed by atoms with van der Waals surface area (Å²) < 4.78 is 13.0. The molecule has 4 radical (unpaired) electrons. The van der Waals surface area contributed by atoms with Gasteiger partial charge in [0.25, 0.3) is 0 Å². The van der Waals surface area contributed by atoms with Crippen LogP contribution in [-0.2, 0) is 35.7 Å². The molecule has 0 fully saturated rings. The predicted molar refractivity (Wildman–Crippen MR) is 452 cm³/mol. The van der Waals surface area contributed by atoms with Gasteiger partial charge in [-0.05, 0) is 165 Å². The maximum atomic E-state index is 10.6. The molecule has 0 saturated carbocycles. The Hall–Kier alpha value is -10.7. The van der Waals surface area contributed by atoms with Crippen molar-refractivity contribution in [1.82, 2.24) is 24.5 Å². The minimum atomic E-state index is -0.375. The third-order valence-corrected chi connectivity index (χ3v) is 19.1. The van der Waals surface area contributed by atoms with Crippen LogP contribution in [0, 0.1) is 6.07 Å². The van der Waals surface area contributed by atoms with Crippen molar-refractivity contribution in [3.05, 3.63) is 363 Å². The van der Waals surface area contributed by atoms with Gasteiger partial charge in [0, 0.05) is 99.4 Å². The molecule has 13 heteroatoms. The van der Waals surface area contributed by atoms with Crippen molar-refractivity contribution in [3.63, 3.8) is 0 Å². The first kappa shape index (κ1) is 78.4. The van der Waals surface area contributed by atoms with E-state index in [1.165, 1.54) is 114 Å². The Kier molecular flexibility index (Phi) is 26.0. The molecule has 12 aromatic carbocycles. The van der Waals surface area contributed by atoms with Gasteiger partial charge in [0.15, 0.2) is 5.78 Å². The number of nitrogens with zero attached hydrogens (tertiary/aromatic N) is 6. The van der Waals surface area contributed by atoms with Gasteiger partial charge in [-0.15, -0.1) is 44.4 Å². The van der Waals surface area contributed by atoms with Gasteiger partial charge in [0.05, 0.1) is 34.2 Å². The molecule has 108 heavy (non-hydrogen) atoms. The zero-order valence-corrected chi connectivity index (χ0v) is 69.3. The van der Waals surface area contributed by atoms with E-state index in [0.29, 0.717) is 0 Å². The zero-order chi connectivity index (χ0) is 73.7. The summed E-state index contributed by atoms with van der Waals surface area (Å²) >= 11 is 0. The number of alkyl halides is 1. The number of rotatable bonds is 11. The molecular weight excluding hydrogens is 1720 g/mol. The largest absolute Gasteiger partial charge is 0.254 e. The standard InChI is InChI=1S/C51H38N2.C24H16N2.C14H15N2.C5H8O2.CH3BFP.Bi.Ir.2H/c1-51(2)47-19-11-9-17-43(47)44-31-30-42(34-48(44)51)52(40-26-21-36(22-27-40)35-13-5-3-6-14-35)41-28-23-37(24-29-41)38-25-32-50-46(33-38)45-18-10-12-20-49(45)53(50)39-15-7-4-8-16-39;1-3-7-17(8-4-1)19-13-15-25-23-21(19)11-12-22-20(14-16-26-24(22)23)18-9-5-2-6-10-18;1-14(2,3)13-9-12(15-10-16-13)11-7-5-4-6-8-11;1-4(6)3-5(2)7;2-4-1-3;;;;/h3-34H,1-2H3;1-16H;4-7,9-10H,1-3H3;3,6H,1-2H3;4H,1H2;;;;/q;;-1;;;;;;. The Morgan fingerprint density at radius 2 is 0.981 bits per heavy atom. The van der Waals surface area contributed by atoms with Crippen LogP contribution >= 0.6 is 8.46 Å². The van der Waals surface area contributed by atoms with Crippen molar-refractivity contribution < 1.29 is 34.4 Å². The molecule has 1 atom stereocenters.